The third kappa shape index (κ3) is 2.16. The molecule has 0 bridgehead atoms. The van der Waals surface area contributed by atoms with Crippen molar-refractivity contribution in [1.29, 1.82) is 0 Å². The van der Waals surface area contributed by atoms with Crippen molar-refractivity contribution < 1.29 is 0 Å². The zero-order valence-electron chi connectivity index (χ0n) is 9.07. The monoisotopic (exact) mass is 326 g/mol. The van der Waals surface area contributed by atoms with Crippen LogP contribution in [0.1, 0.15) is 11.4 Å². The van der Waals surface area contributed by atoms with E-state index in [9.17, 15) is 4.79 Å². The Hall–Kier alpha value is -1.17. The molecule has 0 N–H and O–H groups in total. The summed E-state index contributed by atoms with van der Waals surface area (Å²) in [6.45, 7) is 3.74. The number of rotatable bonds is 1. The Morgan fingerprint density at radius 3 is 2.62 bits per heavy atom. The maximum absolute atomic E-state index is 11.8. The molecule has 1 aromatic heterocycles. The third-order valence-electron chi connectivity index (χ3n) is 2.30. The number of nitrogens with zero attached hydrogens (tertiary/aromatic N) is 2. The molecule has 16 heavy (non-hydrogen) atoms. The van der Waals surface area contributed by atoms with Gasteiger partial charge in [0.15, 0.2) is 0 Å². The Morgan fingerprint density at radius 1 is 1.25 bits per heavy atom. The fraction of sp³-hybridized carbons (Fsp3) is 0.167. The summed E-state index contributed by atoms with van der Waals surface area (Å²) in [4.78, 5) is 15.8. The Kier molecular flexibility index (Phi) is 3.09. The lowest BCUT2D eigenvalue weighted by atomic mass is 10.3. The fourth-order valence-corrected chi connectivity index (χ4v) is 2.21. The second-order valence-electron chi connectivity index (χ2n) is 3.64. The van der Waals surface area contributed by atoms with Crippen LogP contribution in [-0.2, 0) is 0 Å². The molecule has 3 nitrogen and oxygen atoms in total. The number of hydrogen-bond acceptors (Lipinski definition) is 2. The molecule has 1 heterocycles. The predicted octanol–water partition coefficient (Wildman–Crippen LogP) is 2.45. The van der Waals surface area contributed by atoms with Crippen molar-refractivity contribution in [3.05, 3.63) is 55.8 Å². The smallest absolute Gasteiger partial charge is 0.265 e. The van der Waals surface area contributed by atoms with Gasteiger partial charge in [-0.1, -0.05) is 6.07 Å². The quantitative estimate of drug-likeness (QED) is 0.755. The number of hydrogen-bond donors (Lipinski definition) is 0. The Morgan fingerprint density at radius 2 is 2.00 bits per heavy atom. The summed E-state index contributed by atoms with van der Waals surface area (Å²) in [7, 11) is 0. The van der Waals surface area contributed by atoms with Crippen molar-refractivity contribution in [2.75, 3.05) is 0 Å². The second-order valence-corrected chi connectivity index (χ2v) is 4.88. The lowest BCUT2D eigenvalue weighted by Crippen LogP contribution is -2.24. The third-order valence-corrected chi connectivity index (χ3v) is 2.97. The van der Waals surface area contributed by atoms with E-state index in [1.807, 2.05) is 44.2 Å². The first kappa shape index (κ1) is 11.3. The minimum atomic E-state index is -0.223. The first-order valence-corrected chi connectivity index (χ1v) is 5.99. The van der Waals surface area contributed by atoms with E-state index in [4.69, 9.17) is 0 Å². The maximum Gasteiger partial charge on any atom is 0.352 e. The van der Waals surface area contributed by atoms with E-state index in [0.717, 1.165) is 20.6 Å². The van der Waals surface area contributed by atoms with Crippen molar-refractivity contribution in [1.82, 2.24) is 9.55 Å². The molecule has 0 aliphatic carbocycles. The molecule has 1 aromatic carbocycles. The minimum Gasteiger partial charge on any atom is -0.265 e. The zero-order chi connectivity index (χ0) is 11.7. The average molecular weight is 326 g/mol. The largest absolute Gasteiger partial charge is 0.352 e. The first-order valence-electron chi connectivity index (χ1n) is 4.91. The summed E-state index contributed by atoms with van der Waals surface area (Å²) < 4.78 is 2.72. The first-order chi connectivity index (χ1) is 7.58. The summed E-state index contributed by atoms with van der Waals surface area (Å²) in [6.07, 6.45) is 0. The molecule has 2 aromatic rings. The molecule has 0 fully saturated rings. The van der Waals surface area contributed by atoms with Crippen molar-refractivity contribution >= 4 is 22.6 Å². The van der Waals surface area contributed by atoms with Crippen molar-refractivity contribution in [2.45, 2.75) is 13.8 Å². The summed E-state index contributed by atoms with van der Waals surface area (Å²) in [6, 6.07) is 9.70. The highest BCUT2D eigenvalue weighted by Crippen LogP contribution is 2.12. The van der Waals surface area contributed by atoms with E-state index < -0.39 is 0 Å². The van der Waals surface area contributed by atoms with Crippen LogP contribution in [-0.4, -0.2) is 9.55 Å². The van der Waals surface area contributed by atoms with Crippen LogP contribution in [0.5, 0.6) is 0 Å². The van der Waals surface area contributed by atoms with E-state index in [2.05, 4.69) is 27.6 Å². The van der Waals surface area contributed by atoms with Crippen LogP contribution in [0.4, 0.5) is 0 Å². The molecule has 0 amide bonds. The zero-order valence-corrected chi connectivity index (χ0v) is 11.2. The topological polar surface area (TPSA) is 34.9 Å². The lowest BCUT2D eigenvalue weighted by molar-refractivity contribution is 0.855. The number of aryl methyl sites for hydroxylation is 2. The molecule has 0 saturated carbocycles. The van der Waals surface area contributed by atoms with Crippen LogP contribution in [0.3, 0.4) is 0 Å². The number of halogens is 1. The predicted molar refractivity (Wildman–Crippen MR) is 72.0 cm³/mol. The maximum atomic E-state index is 11.8. The van der Waals surface area contributed by atoms with Gasteiger partial charge in [-0.2, -0.15) is 4.98 Å². The molecule has 0 aliphatic rings. The molecule has 0 radical (unpaired) electrons. The summed E-state index contributed by atoms with van der Waals surface area (Å²) in [5.74, 6) is 0. The summed E-state index contributed by atoms with van der Waals surface area (Å²) in [5.41, 5.74) is 2.30. The number of benzene rings is 1. The van der Waals surface area contributed by atoms with Gasteiger partial charge in [0.1, 0.15) is 0 Å². The molecular weight excluding hydrogens is 315 g/mol. The highest BCUT2D eigenvalue weighted by Gasteiger charge is 2.05. The molecule has 0 atom stereocenters. The van der Waals surface area contributed by atoms with E-state index >= 15 is 0 Å². The van der Waals surface area contributed by atoms with Gasteiger partial charge in [0, 0.05) is 15.0 Å². The van der Waals surface area contributed by atoms with Crippen LogP contribution < -0.4 is 5.69 Å². The molecule has 2 rings (SSSR count). The highest BCUT2D eigenvalue weighted by molar-refractivity contribution is 14.1. The molecule has 0 unspecified atom stereocenters. The Balaban J connectivity index is 2.70. The van der Waals surface area contributed by atoms with Gasteiger partial charge in [-0.05, 0) is 60.7 Å². The lowest BCUT2D eigenvalue weighted by Gasteiger charge is -2.09. The SMILES string of the molecule is Cc1cc(C)n(-c2cccc(I)c2)c(=O)n1. The van der Waals surface area contributed by atoms with Gasteiger partial charge in [0.05, 0.1) is 5.69 Å². The van der Waals surface area contributed by atoms with E-state index in [1.165, 1.54) is 0 Å². The van der Waals surface area contributed by atoms with Gasteiger partial charge >= 0.3 is 5.69 Å². The van der Waals surface area contributed by atoms with E-state index in [-0.39, 0.29) is 5.69 Å². The highest BCUT2D eigenvalue weighted by atomic mass is 127. The molecule has 82 valence electrons. The minimum absolute atomic E-state index is 0.223. The normalized spacial score (nSPS) is 10.4. The van der Waals surface area contributed by atoms with Gasteiger partial charge < -0.3 is 0 Å². The van der Waals surface area contributed by atoms with E-state index in [0.29, 0.717) is 0 Å². The van der Waals surface area contributed by atoms with Crippen LogP contribution >= 0.6 is 22.6 Å². The average Bonchev–Trinajstić information content (AvgIpc) is 2.15. The van der Waals surface area contributed by atoms with Gasteiger partial charge in [0.25, 0.3) is 0 Å². The molecule has 0 spiro atoms. The van der Waals surface area contributed by atoms with E-state index in [1.54, 1.807) is 4.57 Å². The summed E-state index contributed by atoms with van der Waals surface area (Å²) in [5, 5.41) is 0. The summed E-state index contributed by atoms with van der Waals surface area (Å²) >= 11 is 2.23. The fourth-order valence-electron chi connectivity index (χ4n) is 1.68. The van der Waals surface area contributed by atoms with Crippen LogP contribution in [0, 0.1) is 17.4 Å². The van der Waals surface area contributed by atoms with Crippen LogP contribution in [0.25, 0.3) is 5.69 Å². The molecular formula is C12H11IN2O. The van der Waals surface area contributed by atoms with Crippen LogP contribution in [0.15, 0.2) is 35.1 Å². The molecule has 0 saturated heterocycles. The van der Waals surface area contributed by atoms with Crippen LogP contribution in [0.2, 0.25) is 0 Å². The van der Waals surface area contributed by atoms with Crippen molar-refractivity contribution in [2.24, 2.45) is 0 Å². The van der Waals surface area contributed by atoms with Crippen molar-refractivity contribution in [3.8, 4) is 5.69 Å². The van der Waals surface area contributed by atoms with Gasteiger partial charge in [-0.25, -0.2) is 4.79 Å². The number of aromatic nitrogens is 2. The molecule has 4 heteroatoms. The van der Waals surface area contributed by atoms with Gasteiger partial charge in [-0.3, -0.25) is 4.57 Å². The molecule has 0 aliphatic heterocycles. The Labute approximate surface area is 107 Å². The van der Waals surface area contributed by atoms with Crippen molar-refractivity contribution in [3.63, 3.8) is 0 Å². The second kappa shape index (κ2) is 4.37. The Bertz CT molecular complexity index is 590. The van der Waals surface area contributed by atoms with Gasteiger partial charge in [-0.15, -0.1) is 0 Å². The van der Waals surface area contributed by atoms with Gasteiger partial charge in [0.2, 0.25) is 0 Å². The standard InChI is InChI=1S/C12H11IN2O/c1-8-6-9(2)15(12(16)14-8)11-5-3-4-10(13)7-11/h3-7H,1-2H3.